The minimum absolute atomic E-state index is 0.147. The Hall–Kier alpha value is -1.48. The minimum Gasteiger partial charge on any atom is -0.388 e. The molecule has 1 aromatic rings. The van der Waals surface area contributed by atoms with Crippen LogP contribution in [0.4, 0.5) is 0 Å². The molecule has 0 aliphatic carbocycles. The summed E-state index contributed by atoms with van der Waals surface area (Å²) in [6.45, 7) is 3.76. The molecule has 0 bridgehead atoms. The number of aliphatic hydroxyl groups is 2. The van der Waals surface area contributed by atoms with Crippen molar-refractivity contribution in [1.29, 1.82) is 0 Å². The third-order valence-electron chi connectivity index (χ3n) is 4.92. The molecule has 1 aromatic heterocycles. The molecule has 0 radical (unpaired) electrons. The van der Waals surface area contributed by atoms with E-state index in [1.54, 1.807) is 6.92 Å². The predicted octanol–water partition coefficient (Wildman–Crippen LogP) is -1.07. The van der Waals surface area contributed by atoms with Crippen LogP contribution in [0.25, 0.3) is 0 Å². The first-order valence-electron chi connectivity index (χ1n) is 7.87. The fourth-order valence-electron chi connectivity index (χ4n) is 3.54. The van der Waals surface area contributed by atoms with Crippen molar-refractivity contribution in [3.63, 3.8) is 0 Å². The molecular weight excluding hydrogens is 302 g/mol. The van der Waals surface area contributed by atoms with Gasteiger partial charge >= 0.3 is 5.69 Å². The normalized spacial score (nSPS) is 31.3. The first-order chi connectivity index (χ1) is 10.8. The van der Waals surface area contributed by atoms with Crippen LogP contribution in [0.2, 0.25) is 0 Å². The first kappa shape index (κ1) is 16.4. The van der Waals surface area contributed by atoms with E-state index in [9.17, 15) is 19.8 Å². The highest BCUT2D eigenvalue weighted by molar-refractivity contribution is 5.02. The quantitative estimate of drug-likeness (QED) is 0.550. The molecule has 3 heterocycles. The number of H-pyrrole nitrogens is 2. The molecule has 3 rings (SSSR count). The van der Waals surface area contributed by atoms with Gasteiger partial charge in [0.25, 0.3) is 5.56 Å². The topological polar surface area (TPSA) is 119 Å². The van der Waals surface area contributed by atoms with E-state index in [4.69, 9.17) is 4.74 Å². The van der Waals surface area contributed by atoms with E-state index in [0.29, 0.717) is 18.7 Å². The molecule has 4 N–H and O–H groups in total. The van der Waals surface area contributed by atoms with Crippen molar-refractivity contribution in [3.05, 3.63) is 32.6 Å². The standard InChI is InChI=1S/C15H23N3O5/c1-14(22)9-15(23-8-11(14)19)2-4-18(5-3-15)7-10-6-12(20)17-13(21)16-10/h6,11,19,22H,2-5,7-9H2,1H3,(H2,16,17,20,21)/t11-,14-/m0/s1. The zero-order valence-electron chi connectivity index (χ0n) is 13.2. The van der Waals surface area contributed by atoms with E-state index in [1.165, 1.54) is 6.07 Å². The molecule has 1 spiro atoms. The molecule has 23 heavy (non-hydrogen) atoms. The van der Waals surface area contributed by atoms with Gasteiger partial charge in [-0.15, -0.1) is 0 Å². The number of aromatic nitrogens is 2. The largest absolute Gasteiger partial charge is 0.388 e. The summed E-state index contributed by atoms with van der Waals surface area (Å²) in [6, 6.07) is 1.39. The fraction of sp³-hybridized carbons (Fsp3) is 0.733. The lowest BCUT2D eigenvalue weighted by molar-refractivity contribution is -0.223. The maximum atomic E-state index is 11.3. The SMILES string of the molecule is C[C@]1(O)CC2(CCN(Cc3cc(=O)[nH]c(=O)[nH]3)CC2)OC[C@@H]1O. The second kappa shape index (κ2) is 5.86. The smallest absolute Gasteiger partial charge is 0.325 e. The van der Waals surface area contributed by atoms with Crippen LogP contribution in [0.15, 0.2) is 15.7 Å². The van der Waals surface area contributed by atoms with Gasteiger partial charge < -0.3 is 19.9 Å². The molecule has 2 atom stereocenters. The maximum absolute atomic E-state index is 11.3. The summed E-state index contributed by atoms with van der Waals surface area (Å²) in [7, 11) is 0. The molecular formula is C15H23N3O5. The number of nitrogens with one attached hydrogen (secondary N) is 2. The number of nitrogens with zero attached hydrogens (tertiary/aromatic N) is 1. The Morgan fingerprint density at radius 1 is 1.35 bits per heavy atom. The van der Waals surface area contributed by atoms with Crippen LogP contribution in [-0.4, -0.2) is 62.1 Å². The number of rotatable bonds is 2. The van der Waals surface area contributed by atoms with Crippen LogP contribution in [0, 0.1) is 0 Å². The van der Waals surface area contributed by atoms with Gasteiger partial charge in [0.2, 0.25) is 0 Å². The Labute approximate surface area is 133 Å². The molecule has 2 aliphatic rings. The summed E-state index contributed by atoms with van der Waals surface area (Å²) in [5, 5.41) is 20.1. The van der Waals surface area contributed by atoms with Crippen molar-refractivity contribution < 1.29 is 14.9 Å². The molecule has 2 fully saturated rings. The van der Waals surface area contributed by atoms with Crippen LogP contribution in [-0.2, 0) is 11.3 Å². The van der Waals surface area contributed by atoms with Gasteiger partial charge in [0.15, 0.2) is 0 Å². The average Bonchev–Trinajstić information content (AvgIpc) is 2.45. The van der Waals surface area contributed by atoms with Crippen LogP contribution < -0.4 is 11.2 Å². The molecule has 0 aromatic carbocycles. The number of aliphatic hydroxyl groups excluding tert-OH is 1. The number of likely N-dealkylation sites (tertiary alicyclic amines) is 1. The van der Waals surface area contributed by atoms with Crippen molar-refractivity contribution in [2.24, 2.45) is 0 Å². The molecule has 0 unspecified atom stereocenters. The van der Waals surface area contributed by atoms with Crippen molar-refractivity contribution in [2.45, 2.75) is 50.0 Å². The highest BCUT2D eigenvalue weighted by atomic mass is 16.5. The van der Waals surface area contributed by atoms with Crippen LogP contribution in [0.5, 0.6) is 0 Å². The van der Waals surface area contributed by atoms with Crippen molar-refractivity contribution in [1.82, 2.24) is 14.9 Å². The number of piperidine rings is 1. The zero-order valence-corrected chi connectivity index (χ0v) is 13.2. The average molecular weight is 325 g/mol. The second-order valence-corrected chi connectivity index (χ2v) is 6.93. The lowest BCUT2D eigenvalue weighted by Gasteiger charge is -2.49. The second-order valence-electron chi connectivity index (χ2n) is 6.93. The van der Waals surface area contributed by atoms with Gasteiger partial charge in [-0.2, -0.15) is 0 Å². The minimum atomic E-state index is -1.13. The summed E-state index contributed by atoms with van der Waals surface area (Å²) in [6.07, 6.45) is 1.04. The maximum Gasteiger partial charge on any atom is 0.325 e. The number of aromatic amines is 2. The Balaban J connectivity index is 1.62. The van der Waals surface area contributed by atoms with E-state index in [-0.39, 0.29) is 6.61 Å². The molecule has 2 aliphatic heterocycles. The van der Waals surface area contributed by atoms with Crippen LogP contribution in [0.3, 0.4) is 0 Å². The van der Waals surface area contributed by atoms with E-state index < -0.39 is 28.6 Å². The zero-order chi connectivity index (χ0) is 16.7. The summed E-state index contributed by atoms with van der Waals surface area (Å²) < 4.78 is 5.84. The summed E-state index contributed by atoms with van der Waals surface area (Å²) in [5.74, 6) is 0. The molecule has 0 saturated carbocycles. The van der Waals surface area contributed by atoms with Gasteiger partial charge in [-0.3, -0.25) is 14.7 Å². The van der Waals surface area contributed by atoms with Gasteiger partial charge in [-0.25, -0.2) is 4.79 Å². The highest BCUT2D eigenvalue weighted by Crippen LogP contribution is 2.39. The van der Waals surface area contributed by atoms with E-state index >= 15 is 0 Å². The van der Waals surface area contributed by atoms with Gasteiger partial charge in [-0.05, 0) is 19.8 Å². The predicted molar refractivity (Wildman–Crippen MR) is 82.1 cm³/mol. The summed E-state index contributed by atoms with van der Waals surface area (Å²) in [4.78, 5) is 29.5. The van der Waals surface area contributed by atoms with Crippen molar-refractivity contribution in [2.75, 3.05) is 19.7 Å². The number of hydrogen-bond acceptors (Lipinski definition) is 6. The van der Waals surface area contributed by atoms with Gasteiger partial charge in [0.1, 0.15) is 6.10 Å². The third-order valence-corrected chi connectivity index (χ3v) is 4.92. The molecule has 8 heteroatoms. The van der Waals surface area contributed by atoms with Gasteiger partial charge in [0.05, 0.1) is 17.8 Å². The molecule has 8 nitrogen and oxygen atoms in total. The highest BCUT2D eigenvalue weighted by Gasteiger charge is 2.48. The van der Waals surface area contributed by atoms with E-state index in [2.05, 4.69) is 14.9 Å². The lowest BCUT2D eigenvalue weighted by Crippen LogP contribution is -2.59. The van der Waals surface area contributed by atoms with E-state index in [1.807, 2.05) is 0 Å². The Bertz CT molecular complexity index is 644. The lowest BCUT2D eigenvalue weighted by atomic mass is 9.76. The summed E-state index contributed by atoms with van der Waals surface area (Å²) in [5.41, 5.74) is -1.85. The number of ether oxygens (including phenoxy) is 1. The molecule has 128 valence electrons. The fourth-order valence-corrected chi connectivity index (χ4v) is 3.54. The Kier molecular flexibility index (Phi) is 4.18. The molecule has 2 saturated heterocycles. The Morgan fingerprint density at radius 2 is 2.04 bits per heavy atom. The van der Waals surface area contributed by atoms with Crippen LogP contribution in [0.1, 0.15) is 31.9 Å². The van der Waals surface area contributed by atoms with Crippen molar-refractivity contribution in [3.8, 4) is 0 Å². The third kappa shape index (κ3) is 3.55. The van der Waals surface area contributed by atoms with Gasteiger partial charge in [0, 0.05) is 37.8 Å². The van der Waals surface area contributed by atoms with Gasteiger partial charge in [-0.1, -0.05) is 0 Å². The monoisotopic (exact) mass is 325 g/mol. The molecule has 0 amide bonds. The first-order valence-corrected chi connectivity index (χ1v) is 7.87. The summed E-state index contributed by atoms with van der Waals surface area (Å²) >= 11 is 0. The Morgan fingerprint density at radius 3 is 2.65 bits per heavy atom. The van der Waals surface area contributed by atoms with E-state index in [0.717, 1.165) is 25.9 Å². The van der Waals surface area contributed by atoms with Crippen molar-refractivity contribution >= 4 is 0 Å². The number of hydrogen-bond donors (Lipinski definition) is 4. The van der Waals surface area contributed by atoms with Crippen LogP contribution >= 0.6 is 0 Å².